The van der Waals surface area contributed by atoms with Crippen molar-refractivity contribution in [3.8, 4) is 0 Å². The third-order valence-corrected chi connectivity index (χ3v) is 4.04. The predicted molar refractivity (Wildman–Crippen MR) is 71.8 cm³/mol. The molecule has 1 saturated carbocycles. The summed E-state index contributed by atoms with van der Waals surface area (Å²) in [7, 11) is 0. The van der Waals surface area contributed by atoms with E-state index in [9.17, 15) is 14.4 Å². The molecule has 112 valence electrons. The zero-order valence-electron chi connectivity index (χ0n) is 12.0. The molecular weight excluding hydrogens is 260 g/mol. The number of hydrogen-bond acceptors (Lipinski definition) is 3. The first-order valence-corrected chi connectivity index (χ1v) is 7.08. The van der Waals surface area contributed by atoms with Gasteiger partial charge in [0.05, 0.1) is 11.3 Å². The zero-order chi connectivity index (χ0) is 14.9. The van der Waals surface area contributed by atoms with Crippen LogP contribution in [0.4, 0.5) is 0 Å². The van der Waals surface area contributed by atoms with Crippen molar-refractivity contribution in [1.29, 1.82) is 0 Å². The summed E-state index contributed by atoms with van der Waals surface area (Å²) in [6, 6.07) is 0. The second kappa shape index (κ2) is 5.42. The number of rotatable bonds is 6. The lowest BCUT2D eigenvalue weighted by atomic mass is 9.93. The third kappa shape index (κ3) is 3.49. The van der Waals surface area contributed by atoms with Gasteiger partial charge in [0, 0.05) is 26.1 Å². The van der Waals surface area contributed by atoms with E-state index in [1.807, 2.05) is 0 Å². The maximum atomic E-state index is 12.0. The highest BCUT2D eigenvalue weighted by molar-refractivity contribution is 5.89. The Morgan fingerprint density at radius 2 is 2.05 bits per heavy atom. The molecule has 2 N–H and O–H groups in total. The zero-order valence-corrected chi connectivity index (χ0v) is 12.0. The Hall–Kier alpha value is -1.59. The number of nitrogens with zero attached hydrogens (tertiary/aromatic N) is 1. The van der Waals surface area contributed by atoms with Crippen LogP contribution in [0.1, 0.15) is 33.1 Å². The Labute approximate surface area is 118 Å². The van der Waals surface area contributed by atoms with E-state index >= 15 is 0 Å². The number of carbonyl (C=O) groups is 3. The standard InChI is InChI=1S/C14H22N2O4/c1-14(2,13(19)20)8-15-12(18)10-5-11(17)16(7-10)6-9-3-4-9/h9-10H,3-8H2,1-2H3,(H,15,18)(H,19,20). The van der Waals surface area contributed by atoms with E-state index in [4.69, 9.17) is 5.11 Å². The minimum absolute atomic E-state index is 0.0366. The first-order chi connectivity index (χ1) is 9.29. The van der Waals surface area contributed by atoms with Gasteiger partial charge in [0.25, 0.3) is 0 Å². The van der Waals surface area contributed by atoms with Crippen molar-refractivity contribution < 1.29 is 19.5 Å². The van der Waals surface area contributed by atoms with Crippen molar-refractivity contribution in [2.45, 2.75) is 33.1 Å². The van der Waals surface area contributed by atoms with Crippen LogP contribution >= 0.6 is 0 Å². The van der Waals surface area contributed by atoms with Crippen LogP contribution < -0.4 is 5.32 Å². The van der Waals surface area contributed by atoms with Gasteiger partial charge in [0.15, 0.2) is 0 Å². The van der Waals surface area contributed by atoms with Crippen LogP contribution in [0.15, 0.2) is 0 Å². The summed E-state index contributed by atoms with van der Waals surface area (Å²) in [5.41, 5.74) is -0.994. The Morgan fingerprint density at radius 1 is 1.40 bits per heavy atom. The van der Waals surface area contributed by atoms with Gasteiger partial charge in [-0.15, -0.1) is 0 Å². The van der Waals surface area contributed by atoms with Crippen LogP contribution in [-0.2, 0) is 14.4 Å². The number of hydrogen-bond donors (Lipinski definition) is 2. The van der Waals surface area contributed by atoms with Crippen LogP contribution in [0, 0.1) is 17.3 Å². The first kappa shape index (κ1) is 14.8. The van der Waals surface area contributed by atoms with Gasteiger partial charge in [-0.3, -0.25) is 14.4 Å². The van der Waals surface area contributed by atoms with E-state index in [2.05, 4.69) is 5.32 Å². The molecule has 1 unspecified atom stereocenters. The minimum atomic E-state index is -0.994. The van der Waals surface area contributed by atoms with Crippen molar-refractivity contribution in [2.24, 2.45) is 17.3 Å². The van der Waals surface area contributed by atoms with Crippen molar-refractivity contribution in [2.75, 3.05) is 19.6 Å². The lowest BCUT2D eigenvalue weighted by Gasteiger charge is -2.21. The molecule has 2 aliphatic rings. The molecule has 6 nitrogen and oxygen atoms in total. The van der Waals surface area contributed by atoms with Crippen LogP contribution in [-0.4, -0.2) is 47.4 Å². The van der Waals surface area contributed by atoms with Gasteiger partial charge in [-0.25, -0.2) is 0 Å². The molecule has 0 aromatic heterocycles. The largest absolute Gasteiger partial charge is 0.481 e. The lowest BCUT2D eigenvalue weighted by Crippen LogP contribution is -2.42. The minimum Gasteiger partial charge on any atom is -0.481 e. The van der Waals surface area contributed by atoms with Gasteiger partial charge in [0.2, 0.25) is 11.8 Å². The second-order valence-electron chi connectivity index (χ2n) is 6.55. The molecule has 0 aromatic rings. The molecule has 1 saturated heterocycles. The van der Waals surface area contributed by atoms with Crippen molar-refractivity contribution in [3.05, 3.63) is 0 Å². The molecule has 0 spiro atoms. The smallest absolute Gasteiger partial charge is 0.310 e. The van der Waals surface area contributed by atoms with E-state index in [1.165, 1.54) is 12.8 Å². The number of amides is 2. The lowest BCUT2D eigenvalue weighted by molar-refractivity contribution is -0.147. The molecule has 6 heteroatoms. The molecule has 2 fully saturated rings. The van der Waals surface area contributed by atoms with Gasteiger partial charge >= 0.3 is 5.97 Å². The van der Waals surface area contributed by atoms with Crippen LogP contribution in [0.2, 0.25) is 0 Å². The summed E-state index contributed by atoms with van der Waals surface area (Å²) in [4.78, 5) is 36.6. The summed E-state index contributed by atoms with van der Waals surface area (Å²) < 4.78 is 0. The molecular formula is C14H22N2O4. The quantitative estimate of drug-likeness (QED) is 0.741. The van der Waals surface area contributed by atoms with Crippen molar-refractivity contribution in [1.82, 2.24) is 10.2 Å². The highest BCUT2D eigenvalue weighted by atomic mass is 16.4. The van der Waals surface area contributed by atoms with Crippen molar-refractivity contribution >= 4 is 17.8 Å². The molecule has 1 atom stereocenters. The van der Waals surface area contributed by atoms with E-state index < -0.39 is 11.4 Å². The Bertz CT molecular complexity index is 429. The molecule has 2 amide bonds. The Kier molecular flexibility index (Phi) is 4.01. The number of aliphatic carboxylic acids is 1. The van der Waals surface area contributed by atoms with Gasteiger partial charge in [-0.05, 0) is 32.6 Å². The average molecular weight is 282 g/mol. The van der Waals surface area contributed by atoms with Gasteiger partial charge in [-0.2, -0.15) is 0 Å². The highest BCUT2D eigenvalue weighted by Gasteiger charge is 2.37. The monoisotopic (exact) mass is 282 g/mol. The molecule has 1 heterocycles. The number of carboxylic acid groups (broad SMARTS) is 1. The SMILES string of the molecule is CC(C)(CNC(=O)C1CC(=O)N(CC2CC2)C1)C(=O)O. The summed E-state index contributed by atoms with van der Waals surface area (Å²) >= 11 is 0. The summed E-state index contributed by atoms with van der Waals surface area (Å²) in [6.45, 7) is 4.44. The Balaban J connectivity index is 1.81. The first-order valence-electron chi connectivity index (χ1n) is 7.08. The highest BCUT2D eigenvalue weighted by Crippen LogP contribution is 2.32. The number of nitrogens with one attached hydrogen (secondary N) is 1. The van der Waals surface area contributed by atoms with Gasteiger partial charge < -0.3 is 15.3 Å². The summed E-state index contributed by atoms with van der Waals surface area (Å²) in [6.07, 6.45) is 2.59. The fraction of sp³-hybridized carbons (Fsp3) is 0.786. The molecule has 0 radical (unpaired) electrons. The Morgan fingerprint density at radius 3 is 2.60 bits per heavy atom. The molecule has 0 aromatic carbocycles. The van der Waals surface area contributed by atoms with Gasteiger partial charge in [-0.1, -0.05) is 0 Å². The van der Waals surface area contributed by atoms with Gasteiger partial charge in [0.1, 0.15) is 0 Å². The molecule has 20 heavy (non-hydrogen) atoms. The van der Waals surface area contributed by atoms with Crippen LogP contribution in [0.5, 0.6) is 0 Å². The maximum Gasteiger partial charge on any atom is 0.310 e. The molecule has 2 rings (SSSR count). The van der Waals surface area contributed by atoms with E-state index in [0.717, 1.165) is 6.54 Å². The van der Waals surface area contributed by atoms with Crippen molar-refractivity contribution in [3.63, 3.8) is 0 Å². The fourth-order valence-corrected chi connectivity index (χ4v) is 2.26. The number of likely N-dealkylation sites (tertiary alicyclic amines) is 1. The average Bonchev–Trinajstić information content (AvgIpc) is 3.10. The topological polar surface area (TPSA) is 86.7 Å². The normalized spacial score (nSPS) is 23.0. The molecule has 1 aliphatic heterocycles. The van der Waals surface area contributed by atoms with Crippen LogP contribution in [0.3, 0.4) is 0 Å². The number of carboxylic acids is 1. The summed E-state index contributed by atoms with van der Waals surface area (Å²) in [5, 5.41) is 11.7. The van der Waals surface area contributed by atoms with E-state index in [0.29, 0.717) is 12.5 Å². The number of carbonyl (C=O) groups excluding carboxylic acids is 2. The molecule has 0 bridgehead atoms. The summed E-state index contributed by atoms with van der Waals surface area (Å²) in [5.74, 6) is -0.853. The molecule has 1 aliphatic carbocycles. The fourth-order valence-electron chi connectivity index (χ4n) is 2.26. The maximum absolute atomic E-state index is 12.0. The van der Waals surface area contributed by atoms with E-state index in [-0.39, 0.29) is 30.7 Å². The van der Waals surface area contributed by atoms with E-state index in [1.54, 1.807) is 18.7 Å². The second-order valence-corrected chi connectivity index (χ2v) is 6.55. The van der Waals surface area contributed by atoms with Crippen LogP contribution in [0.25, 0.3) is 0 Å². The third-order valence-electron chi connectivity index (χ3n) is 4.04. The predicted octanol–water partition coefficient (Wildman–Crippen LogP) is 0.472.